The van der Waals surface area contributed by atoms with E-state index < -0.39 is 0 Å². The number of hydrogen-bond acceptors (Lipinski definition) is 5. The van der Waals surface area contributed by atoms with Crippen LogP contribution in [-0.2, 0) is 11.3 Å². The molecule has 1 aromatic heterocycles. The van der Waals surface area contributed by atoms with Gasteiger partial charge in [0.25, 0.3) is 0 Å². The van der Waals surface area contributed by atoms with Crippen molar-refractivity contribution in [2.24, 2.45) is 11.3 Å². The largest absolute Gasteiger partial charge is 0.360 e. The minimum Gasteiger partial charge on any atom is -0.360 e. The molecular weight excluding hydrogens is 272 g/mol. The van der Waals surface area contributed by atoms with Gasteiger partial charge in [0.2, 0.25) is 11.0 Å². The molecule has 6 heteroatoms. The lowest BCUT2D eigenvalue weighted by Crippen LogP contribution is -2.27. The average molecular weight is 296 g/mol. The third-order valence-corrected chi connectivity index (χ3v) is 4.62. The first kappa shape index (κ1) is 15.2. The van der Waals surface area contributed by atoms with Crippen LogP contribution in [0.4, 0.5) is 5.13 Å². The van der Waals surface area contributed by atoms with Crippen molar-refractivity contribution < 1.29 is 4.79 Å². The lowest BCUT2D eigenvalue weighted by molar-refractivity contribution is -0.128. The number of anilines is 1. The van der Waals surface area contributed by atoms with E-state index >= 15 is 0 Å². The molecule has 1 N–H and O–H groups in total. The maximum atomic E-state index is 12.1. The van der Waals surface area contributed by atoms with E-state index in [-0.39, 0.29) is 11.3 Å². The van der Waals surface area contributed by atoms with E-state index in [1.807, 2.05) is 4.90 Å². The van der Waals surface area contributed by atoms with Gasteiger partial charge in [0.05, 0.1) is 6.54 Å². The average Bonchev–Trinajstić information content (AvgIpc) is 2.95. The van der Waals surface area contributed by atoms with Gasteiger partial charge in [-0.3, -0.25) is 4.79 Å². The Balaban J connectivity index is 1.93. The van der Waals surface area contributed by atoms with E-state index in [4.69, 9.17) is 0 Å². The maximum absolute atomic E-state index is 12.1. The van der Waals surface area contributed by atoms with Crippen LogP contribution in [0.5, 0.6) is 0 Å². The van der Waals surface area contributed by atoms with Crippen LogP contribution in [0.1, 0.15) is 45.5 Å². The second-order valence-electron chi connectivity index (χ2n) is 6.47. The molecule has 0 spiro atoms. The number of rotatable bonds is 5. The van der Waals surface area contributed by atoms with Gasteiger partial charge in [-0.25, -0.2) is 0 Å². The van der Waals surface area contributed by atoms with E-state index in [0.717, 1.165) is 29.6 Å². The minimum absolute atomic E-state index is 0.180. The number of hydrogen-bond donors (Lipinski definition) is 1. The summed E-state index contributed by atoms with van der Waals surface area (Å²) in [5.74, 6) is 0.670. The van der Waals surface area contributed by atoms with Gasteiger partial charge in [0.1, 0.15) is 5.01 Å². The monoisotopic (exact) mass is 296 g/mol. The Kier molecular flexibility index (Phi) is 4.62. The molecule has 0 aliphatic carbocycles. The van der Waals surface area contributed by atoms with Gasteiger partial charge in [0, 0.05) is 19.5 Å². The summed E-state index contributed by atoms with van der Waals surface area (Å²) in [6.07, 6.45) is 1.72. The summed E-state index contributed by atoms with van der Waals surface area (Å²) < 4.78 is 0. The zero-order chi connectivity index (χ0) is 14.8. The molecule has 1 saturated heterocycles. The standard InChI is InChI=1S/C14H24N4OS/c1-5-6-15-13-17-16-11(20-13)9-18-8-10(7-12(18)19)14(2,3)4/h10H,5-9H2,1-4H3,(H,15,17). The fraction of sp³-hybridized carbons (Fsp3) is 0.786. The Morgan fingerprint density at radius 1 is 1.40 bits per heavy atom. The van der Waals surface area contributed by atoms with Crippen molar-refractivity contribution >= 4 is 22.4 Å². The molecule has 1 amide bonds. The Morgan fingerprint density at radius 3 is 2.75 bits per heavy atom. The van der Waals surface area contributed by atoms with Crippen LogP contribution in [0.15, 0.2) is 0 Å². The van der Waals surface area contributed by atoms with Gasteiger partial charge >= 0.3 is 0 Å². The molecule has 1 fully saturated rings. The molecule has 0 bridgehead atoms. The van der Waals surface area contributed by atoms with Crippen molar-refractivity contribution in [3.63, 3.8) is 0 Å². The molecule has 1 unspecified atom stereocenters. The van der Waals surface area contributed by atoms with E-state index in [1.54, 1.807) is 11.3 Å². The number of aromatic nitrogens is 2. The van der Waals surface area contributed by atoms with Crippen LogP contribution in [-0.4, -0.2) is 34.1 Å². The van der Waals surface area contributed by atoms with Crippen LogP contribution in [0, 0.1) is 11.3 Å². The molecule has 0 radical (unpaired) electrons. The lowest BCUT2D eigenvalue weighted by atomic mass is 9.80. The Hall–Kier alpha value is -1.17. The number of likely N-dealkylation sites (tertiary alicyclic amines) is 1. The summed E-state index contributed by atoms with van der Waals surface area (Å²) in [6, 6.07) is 0. The zero-order valence-corrected chi connectivity index (χ0v) is 13.6. The number of carbonyl (C=O) groups excluding carboxylic acids is 1. The third kappa shape index (κ3) is 3.69. The first-order valence-corrected chi connectivity index (χ1v) is 8.06. The van der Waals surface area contributed by atoms with Crippen molar-refractivity contribution in [2.45, 2.75) is 47.1 Å². The lowest BCUT2D eigenvalue weighted by Gasteiger charge is -2.26. The van der Waals surface area contributed by atoms with E-state index in [0.29, 0.717) is 18.9 Å². The molecule has 1 atom stereocenters. The number of amides is 1. The molecule has 20 heavy (non-hydrogen) atoms. The number of nitrogens with zero attached hydrogens (tertiary/aromatic N) is 3. The number of nitrogens with one attached hydrogen (secondary N) is 1. The molecule has 1 aliphatic rings. The molecule has 1 aromatic rings. The Labute approximate surface area is 124 Å². The van der Waals surface area contributed by atoms with Crippen LogP contribution >= 0.6 is 11.3 Å². The van der Waals surface area contributed by atoms with E-state index in [9.17, 15) is 4.79 Å². The predicted molar refractivity (Wildman–Crippen MR) is 81.7 cm³/mol. The molecule has 0 aromatic carbocycles. The second kappa shape index (κ2) is 6.08. The molecule has 2 heterocycles. The van der Waals surface area contributed by atoms with Crippen LogP contribution in [0.25, 0.3) is 0 Å². The molecule has 1 aliphatic heterocycles. The number of carbonyl (C=O) groups is 1. The Morgan fingerprint density at radius 2 is 2.15 bits per heavy atom. The van der Waals surface area contributed by atoms with Gasteiger partial charge in [-0.15, -0.1) is 10.2 Å². The molecule has 0 saturated carbocycles. The minimum atomic E-state index is 0.180. The smallest absolute Gasteiger partial charge is 0.223 e. The molecular formula is C14H24N4OS. The van der Waals surface area contributed by atoms with E-state index in [2.05, 4.69) is 43.2 Å². The van der Waals surface area contributed by atoms with Crippen molar-refractivity contribution in [1.82, 2.24) is 15.1 Å². The highest BCUT2D eigenvalue weighted by Crippen LogP contribution is 2.35. The summed E-state index contributed by atoms with van der Waals surface area (Å²) in [5, 5.41) is 13.3. The normalized spacial score (nSPS) is 19.7. The summed E-state index contributed by atoms with van der Waals surface area (Å²) in [6.45, 7) is 11.1. The summed E-state index contributed by atoms with van der Waals surface area (Å²) >= 11 is 1.54. The Bertz CT molecular complexity index is 466. The van der Waals surface area contributed by atoms with Crippen molar-refractivity contribution in [2.75, 3.05) is 18.4 Å². The van der Waals surface area contributed by atoms with Crippen molar-refractivity contribution in [1.29, 1.82) is 0 Å². The van der Waals surface area contributed by atoms with Gasteiger partial charge in [-0.05, 0) is 17.8 Å². The molecule has 5 nitrogen and oxygen atoms in total. The van der Waals surface area contributed by atoms with Crippen molar-refractivity contribution in [3.05, 3.63) is 5.01 Å². The third-order valence-electron chi connectivity index (χ3n) is 3.76. The molecule has 2 rings (SSSR count). The van der Waals surface area contributed by atoms with Gasteiger partial charge in [-0.1, -0.05) is 39.0 Å². The van der Waals surface area contributed by atoms with E-state index in [1.165, 1.54) is 0 Å². The highest BCUT2D eigenvalue weighted by molar-refractivity contribution is 7.15. The quantitative estimate of drug-likeness (QED) is 0.907. The molecule has 112 valence electrons. The van der Waals surface area contributed by atoms with Gasteiger partial charge in [0.15, 0.2) is 0 Å². The summed E-state index contributed by atoms with van der Waals surface area (Å²) in [4.78, 5) is 14.0. The van der Waals surface area contributed by atoms with Crippen LogP contribution in [0.2, 0.25) is 0 Å². The fourth-order valence-electron chi connectivity index (χ4n) is 2.29. The highest BCUT2D eigenvalue weighted by Gasteiger charge is 2.36. The van der Waals surface area contributed by atoms with Gasteiger partial charge in [-0.2, -0.15) is 0 Å². The first-order valence-electron chi connectivity index (χ1n) is 7.24. The van der Waals surface area contributed by atoms with Crippen LogP contribution < -0.4 is 5.32 Å². The first-order chi connectivity index (χ1) is 9.40. The topological polar surface area (TPSA) is 58.1 Å². The SMILES string of the molecule is CCCNc1nnc(CN2CC(C(C)(C)C)CC2=O)s1. The fourth-order valence-corrected chi connectivity index (χ4v) is 3.07. The van der Waals surface area contributed by atoms with Crippen molar-refractivity contribution in [3.8, 4) is 0 Å². The second-order valence-corrected chi connectivity index (χ2v) is 7.53. The summed E-state index contributed by atoms with van der Waals surface area (Å²) in [5.41, 5.74) is 0.180. The highest BCUT2D eigenvalue weighted by atomic mass is 32.1. The maximum Gasteiger partial charge on any atom is 0.223 e. The van der Waals surface area contributed by atoms with Gasteiger partial charge < -0.3 is 10.2 Å². The predicted octanol–water partition coefficient (Wildman–Crippen LogP) is 2.75. The van der Waals surface area contributed by atoms with Crippen LogP contribution in [0.3, 0.4) is 0 Å². The zero-order valence-electron chi connectivity index (χ0n) is 12.8. The summed E-state index contributed by atoms with van der Waals surface area (Å²) in [7, 11) is 0.